The first-order valence-corrected chi connectivity index (χ1v) is 8.26. The summed E-state index contributed by atoms with van der Waals surface area (Å²) in [5.41, 5.74) is 7.36. The number of anilines is 2. The van der Waals surface area contributed by atoms with Crippen LogP contribution in [0.25, 0.3) is 0 Å². The van der Waals surface area contributed by atoms with E-state index in [-0.39, 0.29) is 12.1 Å². The first-order valence-electron chi connectivity index (χ1n) is 7.47. The number of nitrogens with zero attached hydrogens (tertiary/aromatic N) is 2. The van der Waals surface area contributed by atoms with E-state index in [4.69, 9.17) is 10.5 Å². The number of piperazine rings is 1. The van der Waals surface area contributed by atoms with E-state index < -0.39 is 5.60 Å². The molecule has 1 aliphatic heterocycles. The lowest BCUT2D eigenvalue weighted by Crippen LogP contribution is -2.55. The molecular weight excluding hydrogens is 346 g/mol. The van der Waals surface area contributed by atoms with Gasteiger partial charge in [0, 0.05) is 30.1 Å². The molecule has 1 amide bonds. The third-order valence-electron chi connectivity index (χ3n) is 3.59. The molecule has 6 heteroatoms. The summed E-state index contributed by atoms with van der Waals surface area (Å²) >= 11 is 3.48. The summed E-state index contributed by atoms with van der Waals surface area (Å²) in [6, 6.07) is 5.91. The van der Waals surface area contributed by atoms with Crippen molar-refractivity contribution in [2.75, 3.05) is 30.3 Å². The van der Waals surface area contributed by atoms with Crippen LogP contribution in [0.3, 0.4) is 0 Å². The van der Waals surface area contributed by atoms with E-state index in [1.54, 1.807) is 4.90 Å². The van der Waals surface area contributed by atoms with E-state index in [0.717, 1.165) is 28.9 Å². The summed E-state index contributed by atoms with van der Waals surface area (Å²) in [6.07, 6.45) is -0.248. The molecule has 1 atom stereocenters. The van der Waals surface area contributed by atoms with Gasteiger partial charge in [-0.1, -0.05) is 15.9 Å². The molecule has 0 bridgehead atoms. The van der Waals surface area contributed by atoms with Crippen molar-refractivity contribution in [2.24, 2.45) is 0 Å². The molecule has 1 aromatic rings. The SMILES string of the molecule is C[C@H]1CN(c2cc(Br)ccc2N)CCN1C(=O)OC(C)(C)C. The first kappa shape index (κ1) is 16.9. The number of amides is 1. The second-order valence-corrected chi connectivity index (χ2v) is 7.59. The zero-order valence-electron chi connectivity index (χ0n) is 13.6. The number of halogens is 1. The molecule has 0 saturated carbocycles. The van der Waals surface area contributed by atoms with Crippen molar-refractivity contribution >= 4 is 33.4 Å². The Kier molecular flexibility index (Phi) is 4.90. The Morgan fingerprint density at radius 2 is 2.05 bits per heavy atom. The van der Waals surface area contributed by atoms with E-state index in [1.807, 2.05) is 45.9 Å². The van der Waals surface area contributed by atoms with Crippen molar-refractivity contribution in [1.29, 1.82) is 0 Å². The van der Waals surface area contributed by atoms with Crippen LogP contribution in [0.15, 0.2) is 22.7 Å². The zero-order valence-corrected chi connectivity index (χ0v) is 15.2. The molecule has 0 aromatic heterocycles. The first-order chi connectivity index (χ1) is 10.2. The third-order valence-corrected chi connectivity index (χ3v) is 4.08. The minimum absolute atomic E-state index is 0.0713. The normalized spacial score (nSPS) is 19.2. The Bertz CT molecular complexity index is 557. The minimum Gasteiger partial charge on any atom is -0.444 e. The van der Waals surface area contributed by atoms with Gasteiger partial charge in [0.05, 0.1) is 11.4 Å². The maximum atomic E-state index is 12.2. The fraction of sp³-hybridized carbons (Fsp3) is 0.562. The molecule has 0 radical (unpaired) electrons. The number of carbonyl (C=O) groups excluding carboxylic acids is 1. The standard InChI is InChI=1S/C16H24BrN3O2/c1-11-10-19(14-9-12(17)5-6-13(14)18)7-8-20(11)15(21)22-16(2,3)4/h5-6,9,11H,7-8,10,18H2,1-4H3/t11-/m0/s1. The van der Waals surface area contributed by atoms with Gasteiger partial charge >= 0.3 is 6.09 Å². The highest BCUT2D eigenvalue weighted by atomic mass is 79.9. The van der Waals surface area contributed by atoms with Crippen LogP contribution in [0.2, 0.25) is 0 Å². The van der Waals surface area contributed by atoms with Crippen LogP contribution in [-0.2, 0) is 4.74 Å². The van der Waals surface area contributed by atoms with Gasteiger partial charge in [-0.3, -0.25) is 0 Å². The second kappa shape index (κ2) is 6.36. The lowest BCUT2D eigenvalue weighted by Gasteiger charge is -2.41. The fourth-order valence-electron chi connectivity index (χ4n) is 2.56. The predicted molar refractivity (Wildman–Crippen MR) is 93.2 cm³/mol. The number of rotatable bonds is 1. The Morgan fingerprint density at radius 3 is 2.64 bits per heavy atom. The Labute approximate surface area is 140 Å². The van der Waals surface area contributed by atoms with Gasteiger partial charge in [0.2, 0.25) is 0 Å². The lowest BCUT2D eigenvalue weighted by atomic mass is 10.1. The summed E-state index contributed by atoms with van der Waals surface area (Å²) in [4.78, 5) is 16.2. The van der Waals surface area contributed by atoms with Crippen LogP contribution >= 0.6 is 15.9 Å². The maximum absolute atomic E-state index is 12.2. The molecule has 1 saturated heterocycles. The number of benzene rings is 1. The van der Waals surface area contributed by atoms with Gasteiger partial charge < -0.3 is 20.3 Å². The molecule has 1 aromatic carbocycles. The maximum Gasteiger partial charge on any atom is 0.410 e. The molecule has 1 fully saturated rings. The number of hydrogen-bond donors (Lipinski definition) is 1. The van der Waals surface area contributed by atoms with Crippen molar-refractivity contribution in [3.63, 3.8) is 0 Å². The molecule has 122 valence electrons. The molecule has 0 aliphatic carbocycles. The van der Waals surface area contributed by atoms with Gasteiger partial charge in [0.25, 0.3) is 0 Å². The van der Waals surface area contributed by atoms with E-state index >= 15 is 0 Å². The molecule has 1 aliphatic rings. The number of nitrogen functional groups attached to an aromatic ring is 1. The average Bonchev–Trinajstić information content (AvgIpc) is 2.39. The predicted octanol–water partition coefficient (Wildman–Crippen LogP) is 3.48. The molecule has 22 heavy (non-hydrogen) atoms. The lowest BCUT2D eigenvalue weighted by molar-refractivity contribution is 0.0159. The molecule has 2 rings (SSSR count). The number of nitrogens with two attached hydrogens (primary N) is 1. The quantitative estimate of drug-likeness (QED) is 0.769. The van der Waals surface area contributed by atoms with E-state index in [2.05, 4.69) is 20.8 Å². The molecule has 0 spiro atoms. The van der Waals surface area contributed by atoms with Crippen LogP contribution < -0.4 is 10.6 Å². The van der Waals surface area contributed by atoms with E-state index in [0.29, 0.717) is 6.54 Å². The summed E-state index contributed by atoms with van der Waals surface area (Å²) in [5, 5.41) is 0. The second-order valence-electron chi connectivity index (χ2n) is 6.67. The number of ether oxygens (including phenoxy) is 1. The third kappa shape index (κ3) is 4.06. The Hall–Kier alpha value is -1.43. The van der Waals surface area contributed by atoms with Gasteiger partial charge in [-0.05, 0) is 45.9 Å². The van der Waals surface area contributed by atoms with Crippen molar-refractivity contribution < 1.29 is 9.53 Å². The number of hydrogen-bond acceptors (Lipinski definition) is 4. The highest BCUT2D eigenvalue weighted by Gasteiger charge is 2.31. The van der Waals surface area contributed by atoms with Gasteiger partial charge in [-0.15, -0.1) is 0 Å². The van der Waals surface area contributed by atoms with Crippen LogP contribution in [0.4, 0.5) is 16.2 Å². The number of carbonyl (C=O) groups is 1. The van der Waals surface area contributed by atoms with Crippen molar-refractivity contribution in [3.05, 3.63) is 22.7 Å². The summed E-state index contributed by atoms with van der Waals surface area (Å²) in [6.45, 7) is 9.78. The van der Waals surface area contributed by atoms with Gasteiger partial charge in [0.15, 0.2) is 0 Å². The molecule has 2 N–H and O–H groups in total. The molecule has 0 unspecified atom stereocenters. The molecular formula is C16H24BrN3O2. The smallest absolute Gasteiger partial charge is 0.410 e. The average molecular weight is 370 g/mol. The van der Waals surface area contributed by atoms with E-state index in [9.17, 15) is 4.79 Å². The summed E-state index contributed by atoms with van der Waals surface area (Å²) < 4.78 is 6.47. The highest BCUT2D eigenvalue weighted by molar-refractivity contribution is 9.10. The Balaban J connectivity index is 2.06. The largest absolute Gasteiger partial charge is 0.444 e. The van der Waals surface area contributed by atoms with E-state index in [1.165, 1.54) is 0 Å². The molecule has 1 heterocycles. The zero-order chi connectivity index (χ0) is 16.5. The summed E-state index contributed by atoms with van der Waals surface area (Å²) in [7, 11) is 0. The van der Waals surface area contributed by atoms with Crippen LogP contribution in [0.1, 0.15) is 27.7 Å². The van der Waals surface area contributed by atoms with Gasteiger partial charge in [-0.25, -0.2) is 4.79 Å². The fourth-order valence-corrected chi connectivity index (χ4v) is 2.91. The van der Waals surface area contributed by atoms with Crippen LogP contribution in [0.5, 0.6) is 0 Å². The van der Waals surface area contributed by atoms with Gasteiger partial charge in [-0.2, -0.15) is 0 Å². The van der Waals surface area contributed by atoms with Gasteiger partial charge in [0.1, 0.15) is 5.60 Å². The monoisotopic (exact) mass is 369 g/mol. The topological polar surface area (TPSA) is 58.8 Å². The Morgan fingerprint density at radius 1 is 1.36 bits per heavy atom. The van der Waals surface area contributed by atoms with Crippen LogP contribution in [-0.4, -0.2) is 42.3 Å². The van der Waals surface area contributed by atoms with Crippen molar-refractivity contribution in [3.8, 4) is 0 Å². The summed E-state index contributed by atoms with van der Waals surface area (Å²) in [5.74, 6) is 0. The molecule has 5 nitrogen and oxygen atoms in total. The van der Waals surface area contributed by atoms with Crippen LogP contribution in [0, 0.1) is 0 Å². The van der Waals surface area contributed by atoms with Crippen molar-refractivity contribution in [1.82, 2.24) is 4.90 Å². The minimum atomic E-state index is -0.470. The van der Waals surface area contributed by atoms with Crippen molar-refractivity contribution in [2.45, 2.75) is 39.3 Å². The highest BCUT2D eigenvalue weighted by Crippen LogP contribution is 2.29.